The van der Waals surface area contributed by atoms with Gasteiger partial charge in [0.2, 0.25) is 5.91 Å². The summed E-state index contributed by atoms with van der Waals surface area (Å²) in [7, 11) is 0. The Kier molecular flexibility index (Phi) is 3.54. The van der Waals surface area contributed by atoms with Crippen LogP contribution in [-0.4, -0.2) is 30.6 Å². The average molecular weight is 261 g/mol. The Labute approximate surface area is 115 Å². The SMILES string of the molecule is Cc1cccc(N2C(CN)C(=O)NCC2(C)C)c1C. The van der Waals surface area contributed by atoms with Crippen LogP contribution in [0.4, 0.5) is 5.69 Å². The van der Waals surface area contributed by atoms with Crippen molar-refractivity contribution >= 4 is 11.6 Å². The highest BCUT2D eigenvalue weighted by Gasteiger charge is 2.41. The maximum atomic E-state index is 12.1. The Bertz CT molecular complexity index is 496. The number of amides is 1. The van der Waals surface area contributed by atoms with Gasteiger partial charge in [-0.1, -0.05) is 12.1 Å². The summed E-state index contributed by atoms with van der Waals surface area (Å²) in [5, 5.41) is 2.95. The molecule has 1 atom stereocenters. The molecule has 3 N–H and O–H groups in total. The minimum absolute atomic E-state index is 0.0164. The van der Waals surface area contributed by atoms with Gasteiger partial charge in [0, 0.05) is 18.8 Å². The van der Waals surface area contributed by atoms with Crippen LogP contribution in [0.2, 0.25) is 0 Å². The van der Waals surface area contributed by atoms with Crippen LogP contribution in [0.5, 0.6) is 0 Å². The lowest BCUT2D eigenvalue weighted by atomic mass is 9.92. The molecule has 1 amide bonds. The van der Waals surface area contributed by atoms with Crippen LogP contribution in [0.15, 0.2) is 18.2 Å². The van der Waals surface area contributed by atoms with Crippen molar-refractivity contribution in [2.75, 3.05) is 18.0 Å². The number of carbonyl (C=O) groups is 1. The number of hydrogen-bond donors (Lipinski definition) is 2. The first-order valence-electron chi connectivity index (χ1n) is 6.72. The summed E-state index contributed by atoms with van der Waals surface area (Å²) in [6.45, 7) is 9.42. The monoisotopic (exact) mass is 261 g/mol. The van der Waals surface area contributed by atoms with Crippen molar-refractivity contribution in [1.29, 1.82) is 0 Å². The molecule has 1 saturated heterocycles. The van der Waals surface area contributed by atoms with Crippen molar-refractivity contribution in [1.82, 2.24) is 5.32 Å². The van der Waals surface area contributed by atoms with Crippen LogP contribution in [0.3, 0.4) is 0 Å². The number of aryl methyl sites for hydroxylation is 1. The first-order chi connectivity index (χ1) is 8.88. The minimum atomic E-state index is -0.302. The van der Waals surface area contributed by atoms with Gasteiger partial charge in [0.15, 0.2) is 0 Å². The fraction of sp³-hybridized carbons (Fsp3) is 0.533. The van der Waals surface area contributed by atoms with E-state index in [1.165, 1.54) is 11.1 Å². The predicted molar refractivity (Wildman–Crippen MR) is 78.3 cm³/mol. The van der Waals surface area contributed by atoms with Crippen LogP contribution in [-0.2, 0) is 4.79 Å². The molecule has 0 saturated carbocycles. The molecule has 0 aromatic heterocycles. The highest BCUT2D eigenvalue weighted by Crippen LogP contribution is 2.32. The number of benzene rings is 1. The summed E-state index contributed by atoms with van der Waals surface area (Å²) < 4.78 is 0. The second kappa shape index (κ2) is 4.85. The van der Waals surface area contributed by atoms with Crippen LogP contribution in [0.1, 0.15) is 25.0 Å². The fourth-order valence-electron chi connectivity index (χ4n) is 2.75. The van der Waals surface area contributed by atoms with Gasteiger partial charge in [-0.05, 0) is 44.9 Å². The quantitative estimate of drug-likeness (QED) is 0.845. The summed E-state index contributed by atoms with van der Waals surface area (Å²) in [5.74, 6) is 0.0164. The van der Waals surface area contributed by atoms with Crippen LogP contribution < -0.4 is 16.0 Å². The molecule has 4 heteroatoms. The third-order valence-electron chi connectivity index (χ3n) is 4.02. The zero-order valence-corrected chi connectivity index (χ0v) is 12.2. The summed E-state index contributed by atoms with van der Waals surface area (Å²) in [5.41, 5.74) is 9.24. The molecular weight excluding hydrogens is 238 g/mol. The third kappa shape index (κ3) is 2.32. The molecule has 1 aromatic carbocycles. The van der Waals surface area contributed by atoms with Crippen LogP contribution in [0.25, 0.3) is 0 Å². The number of rotatable bonds is 2. The molecule has 1 aliphatic heterocycles. The fourth-order valence-corrected chi connectivity index (χ4v) is 2.75. The zero-order chi connectivity index (χ0) is 14.2. The molecule has 1 aromatic rings. The van der Waals surface area contributed by atoms with E-state index in [0.29, 0.717) is 13.1 Å². The van der Waals surface area contributed by atoms with Crippen molar-refractivity contribution in [2.45, 2.75) is 39.3 Å². The number of piperazine rings is 1. The third-order valence-corrected chi connectivity index (χ3v) is 4.02. The van der Waals surface area contributed by atoms with Gasteiger partial charge in [-0.15, -0.1) is 0 Å². The molecule has 104 valence electrons. The Balaban J connectivity index is 2.53. The van der Waals surface area contributed by atoms with Crippen molar-refractivity contribution in [3.05, 3.63) is 29.3 Å². The molecule has 1 unspecified atom stereocenters. The van der Waals surface area contributed by atoms with Gasteiger partial charge in [0.25, 0.3) is 0 Å². The summed E-state index contributed by atoms with van der Waals surface area (Å²) in [6, 6.07) is 5.90. The van der Waals surface area contributed by atoms with Gasteiger partial charge >= 0.3 is 0 Å². The lowest BCUT2D eigenvalue weighted by Gasteiger charge is -2.49. The highest BCUT2D eigenvalue weighted by molar-refractivity contribution is 5.88. The number of nitrogens with one attached hydrogen (secondary N) is 1. The highest BCUT2D eigenvalue weighted by atomic mass is 16.2. The van der Waals surface area contributed by atoms with E-state index >= 15 is 0 Å². The summed E-state index contributed by atoms with van der Waals surface area (Å²) in [6.07, 6.45) is 0. The smallest absolute Gasteiger partial charge is 0.244 e. The Morgan fingerprint density at radius 1 is 1.42 bits per heavy atom. The molecule has 0 aliphatic carbocycles. The zero-order valence-electron chi connectivity index (χ0n) is 12.2. The van der Waals surface area contributed by atoms with E-state index in [1.807, 2.05) is 6.07 Å². The van der Waals surface area contributed by atoms with Gasteiger partial charge in [-0.3, -0.25) is 4.79 Å². The van der Waals surface area contributed by atoms with Crippen molar-refractivity contribution in [3.63, 3.8) is 0 Å². The van der Waals surface area contributed by atoms with Crippen molar-refractivity contribution in [2.24, 2.45) is 5.73 Å². The van der Waals surface area contributed by atoms with E-state index in [4.69, 9.17) is 5.73 Å². The maximum Gasteiger partial charge on any atom is 0.244 e. The second-order valence-corrected chi connectivity index (χ2v) is 5.87. The molecule has 4 nitrogen and oxygen atoms in total. The van der Waals surface area contributed by atoms with Crippen molar-refractivity contribution < 1.29 is 4.79 Å². The predicted octanol–water partition coefficient (Wildman–Crippen LogP) is 1.35. The van der Waals surface area contributed by atoms with Gasteiger partial charge in [-0.2, -0.15) is 0 Å². The first-order valence-corrected chi connectivity index (χ1v) is 6.72. The maximum absolute atomic E-state index is 12.1. The van der Waals surface area contributed by atoms with Gasteiger partial charge in [-0.25, -0.2) is 0 Å². The number of nitrogens with zero attached hydrogens (tertiary/aromatic N) is 1. The summed E-state index contributed by atoms with van der Waals surface area (Å²) >= 11 is 0. The Morgan fingerprint density at radius 3 is 2.74 bits per heavy atom. The molecule has 2 rings (SSSR count). The van der Waals surface area contributed by atoms with Crippen LogP contribution in [0, 0.1) is 13.8 Å². The van der Waals surface area contributed by atoms with Gasteiger partial charge in [0.1, 0.15) is 6.04 Å². The number of hydrogen-bond acceptors (Lipinski definition) is 3. The van der Waals surface area contributed by atoms with Gasteiger partial charge < -0.3 is 16.0 Å². The molecule has 0 bridgehead atoms. The molecule has 1 fully saturated rings. The Morgan fingerprint density at radius 2 is 2.11 bits per heavy atom. The average Bonchev–Trinajstić information content (AvgIpc) is 2.36. The second-order valence-electron chi connectivity index (χ2n) is 5.87. The molecule has 19 heavy (non-hydrogen) atoms. The van der Waals surface area contributed by atoms with Crippen LogP contribution >= 0.6 is 0 Å². The molecule has 1 aliphatic rings. The normalized spacial score (nSPS) is 22.3. The topological polar surface area (TPSA) is 58.4 Å². The first kappa shape index (κ1) is 13.9. The number of nitrogens with two attached hydrogens (primary N) is 1. The van der Waals surface area contributed by atoms with E-state index < -0.39 is 0 Å². The molecule has 0 radical (unpaired) electrons. The van der Waals surface area contributed by atoms with E-state index in [2.05, 4.69) is 50.0 Å². The van der Waals surface area contributed by atoms with Gasteiger partial charge in [0.05, 0.1) is 5.54 Å². The Hall–Kier alpha value is -1.55. The van der Waals surface area contributed by atoms with E-state index in [0.717, 1.165) is 5.69 Å². The minimum Gasteiger partial charge on any atom is -0.352 e. The lowest BCUT2D eigenvalue weighted by Crippen LogP contribution is -2.68. The number of anilines is 1. The van der Waals surface area contributed by atoms with E-state index in [1.54, 1.807) is 0 Å². The summed E-state index contributed by atoms with van der Waals surface area (Å²) in [4.78, 5) is 14.2. The standard InChI is InChI=1S/C15H23N3O/c1-10-6-5-7-12(11(10)2)18-13(8-16)14(19)17-9-15(18,3)4/h5-7,13H,8-9,16H2,1-4H3,(H,17,19). The van der Waals surface area contributed by atoms with Crippen molar-refractivity contribution in [3.8, 4) is 0 Å². The lowest BCUT2D eigenvalue weighted by molar-refractivity contribution is -0.124. The molecule has 0 spiro atoms. The number of carbonyl (C=O) groups excluding carboxylic acids is 1. The van der Waals surface area contributed by atoms with E-state index in [9.17, 15) is 4.79 Å². The molecular formula is C15H23N3O. The van der Waals surface area contributed by atoms with E-state index in [-0.39, 0.29) is 17.5 Å². The largest absolute Gasteiger partial charge is 0.352 e. The molecule has 1 heterocycles.